The number of halogens is 6. The van der Waals surface area contributed by atoms with Crippen LogP contribution in [0.1, 0.15) is 33.1 Å². The highest BCUT2D eigenvalue weighted by Gasteiger charge is 2.71. The van der Waals surface area contributed by atoms with Crippen molar-refractivity contribution in [1.82, 2.24) is 0 Å². The molecule has 144 valence electrons. The van der Waals surface area contributed by atoms with Crippen molar-refractivity contribution in [3.05, 3.63) is 12.2 Å². The standard InChI is InChI=1S/C16H20F6O3/c1-7(2)13(23)25-12-5-10-8(3)11(12)4-9(10)6-14(24,15(17,18)19)16(20,21)22/h8-12,24H,1,4-6H2,2-3H3/t8-,9?,10?,11?,12?/m0/s1. The molecular formula is C16H20F6O3. The lowest BCUT2D eigenvalue weighted by atomic mass is 9.78. The van der Waals surface area contributed by atoms with Crippen molar-refractivity contribution >= 4 is 5.97 Å². The van der Waals surface area contributed by atoms with E-state index in [0.717, 1.165) is 0 Å². The van der Waals surface area contributed by atoms with Crippen LogP contribution >= 0.6 is 0 Å². The van der Waals surface area contributed by atoms with E-state index in [1.807, 2.05) is 0 Å². The highest BCUT2D eigenvalue weighted by Crippen LogP contribution is 2.58. The van der Waals surface area contributed by atoms with Crippen LogP contribution in [0.15, 0.2) is 12.2 Å². The molecule has 1 N–H and O–H groups in total. The summed E-state index contributed by atoms with van der Waals surface area (Å²) >= 11 is 0. The van der Waals surface area contributed by atoms with Gasteiger partial charge in [0, 0.05) is 5.57 Å². The molecule has 5 atom stereocenters. The minimum Gasteiger partial charge on any atom is -0.459 e. The second-order valence-corrected chi connectivity index (χ2v) is 7.20. The van der Waals surface area contributed by atoms with Crippen LogP contribution in [-0.4, -0.2) is 35.1 Å². The third-order valence-electron chi connectivity index (χ3n) is 5.62. The van der Waals surface area contributed by atoms with Crippen LogP contribution in [0, 0.1) is 23.7 Å². The first-order chi connectivity index (χ1) is 11.2. The summed E-state index contributed by atoms with van der Waals surface area (Å²) in [6, 6.07) is 0. The number of carbonyl (C=O) groups excluding carboxylic acids is 1. The average molecular weight is 374 g/mol. The van der Waals surface area contributed by atoms with E-state index in [-0.39, 0.29) is 30.3 Å². The monoisotopic (exact) mass is 374 g/mol. The van der Waals surface area contributed by atoms with Gasteiger partial charge < -0.3 is 9.84 Å². The van der Waals surface area contributed by atoms with E-state index in [9.17, 15) is 36.2 Å². The van der Waals surface area contributed by atoms with E-state index in [1.54, 1.807) is 6.92 Å². The van der Waals surface area contributed by atoms with Gasteiger partial charge in [-0.15, -0.1) is 0 Å². The number of ether oxygens (including phenoxy) is 1. The Morgan fingerprint density at radius 2 is 1.64 bits per heavy atom. The summed E-state index contributed by atoms with van der Waals surface area (Å²) < 4.78 is 82.5. The third-order valence-corrected chi connectivity index (χ3v) is 5.62. The largest absolute Gasteiger partial charge is 0.459 e. The SMILES string of the molecule is C=C(C)C(=O)OC1CC2C(CC(O)(C(F)(F)F)C(F)(F)F)CC1[C@H]2C. The van der Waals surface area contributed by atoms with E-state index in [0.29, 0.717) is 0 Å². The number of rotatable bonds is 4. The molecule has 0 amide bonds. The van der Waals surface area contributed by atoms with Gasteiger partial charge >= 0.3 is 18.3 Å². The highest BCUT2D eigenvalue weighted by atomic mass is 19.4. The molecule has 2 fully saturated rings. The number of aliphatic hydroxyl groups is 1. The molecule has 25 heavy (non-hydrogen) atoms. The van der Waals surface area contributed by atoms with E-state index in [4.69, 9.17) is 4.74 Å². The zero-order valence-corrected chi connectivity index (χ0v) is 13.7. The summed E-state index contributed by atoms with van der Waals surface area (Å²) in [5.74, 6) is -2.52. The number of hydrogen-bond donors (Lipinski definition) is 1. The molecule has 3 nitrogen and oxygen atoms in total. The second kappa shape index (κ2) is 6.17. The molecule has 4 unspecified atom stereocenters. The number of carbonyl (C=O) groups is 1. The lowest BCUT2D eigenvalue weighted by molar-refractivity contribution is -0.373. The maximum atomic E-state index is 12.9. The fourth-order valence-electron chi connectivity index (χ4n) is 4.21. The van der Waals surface area contributed by atoms with Gasteiger partial charge in [0.05, 0.1) is 0 Å². The predicted octanol–water partition coefficient (Wildman–Crippen LogP) is 4.01. The van der Waals surface area contributed by atoms with Gasteiger partial charge in [-0.25, -0.2) is 4.79 Å². The molecule has 0 aromatic heterocycles. The fourth-order valence-corrected chi connectivity index (χ4v) is 4.21. The molecule has 2 aliphatic rings. The molecule has 2 rings (SSSR count). The topological polar surface area (TPSA) is 46.5 Å². The summed E-state index contributed by atoms with van der Waals surface area (Å²) in [6.07, 6.45) is -13.3. The van der Waals surface area contributed by atoms with Gasteiger partial charge in [-0.1, -0.05) is 13.5 Å². The zero-order valence-electron chi connectivity index (χ0n) is 13.7. The molecule has 0 heterocycles. The van der Waals surface area contributed by atoms with Crippen LogP contribution in [0.3, 0.4) is 0 Å². The average Bonchev–Trinajstić information content (AvgIpc) is 2.88. The van der Waals surface area contributed by atoms with Gasteiger partial charge in [-0.3, -0.25) is 0 Å². The molecule has 0 aromatic rings. The van der Waals surface area contributed by atoms with Crippen molar-refractivity contribution in [2.24, 2.45) is 23.7 Å². The number of esters is 1. The van der Waals surface area contributed by atoms with Gasteiger partial charge in [-0.05, 0) is 49.9 Å². The van der Waals surface area contributed by atoms with Gasteiger partial charge in [0.2, 0.25) is 0 Å². The first-order valence-electron chi connectivity index (χ1n) is 7.91. The Morgan fingerprint density at radius 3 is 2.00 bits per heavy atom. The first kappa shape index (κ1) is 20.1. The minimum atomic E-state index is -5.80. The van der Waals surface area contributed by atoms with E-state index < -0.39 is 48.3 Å². The molecule has 0 aliphatic heterocycles. The third kappa shape index (κ3) is 3.39. The molecule has 0 spiro atoms. The smallest absolute Gasteiger partial charge is 0.426 e. The molecule has 2 saturated carbocycles. The normalized spacial score (nSPS) is 32.8. The van der Waals surface area contributed by atoms with Crippen LogP contribution in [-0.2, 0) is 9.53 Å². The Bertz CT molecular complexity index is 539. The molecule has 2 aliphatic carbocycles. The summed E-state index contributed by atoms with van der Waals surface area (Å²) in [5.41, 5.74) is -4.55. The van der Waals surface area contributed by atoms with Crippen molar-refractivity contribution in [1.29, 1.82) is 0 Å². The Morgan fingerprint density at radius 1 is 1.12 bits per heavy atom. The van der Waals surface area contributed by atoms with Crippen LogP contribution in [0.25, 0.3) is 0 Å². The lowest BCUT2D eigenvalue weighted by Crippen LogP contribution is -2.58. The Kier molecular flexibility index (Phi) is 4.96. The second-order valence-electron chi connectivity index (χ2n) is 7.20. The Balaban J connectivity index is 2.13. The van der Waals surface area contributed by atoms with Crippen molar-refractivity contribution < 1.29 is 41.0 Å². The van der Waals surface area contributed by atoms with E-state index in [2.05, 4.69) is 6.58 Å². The Labute approximate surface area is 141 Å². The van der Waals surface area contributed by atoms with Crippen molar-refractivity contribution in [2.45, 2.75) is 57.2 Å². The summed E-state index contributed by atoms with van der Waals surface area (Å²) in [4.78, 5) is 11.6. The predicted molar refractivity (Wildman–Crippen MR) is 75.2 cm³/mol. The van der Waals surface area contributed by atoms with Crippen molar-refractivity contribution in [3.8, 4) is 0 Å². The zero-order chi connectivity index (χ0) is 19.4. The molecule has 2 bridgehead atoms. The minimum absolute atomic E-state index is 0.0500. The molecule has 0 saturated heterocycles. The molecule has 9 heteroatoms. The summed E-state index contributed by atoms with van der Waals surface area (Å²) in [7, 11) is 0. The van der Waals surface area contributed by atoms with Crippen molar-refractivity contribution in [3.63, 3.8) is 0 Å². The van der Waals surface area contributed by atoms with E-state index in [1.165, 1.54) is 6.92 Å². The van der Waals surface area contributed by atoms with Crippen molar-refractivity contribution in [2.75, 3.05) is 0 Å². The van der Waals surface area contributed by atoms with Gasteiger partial charge in [0.25, 0.3) is 5.60 Å². The quantitative estimate of drug-likeness (QED) is 0.460. The molecular weight excluding hydrogens is 354 g/mol. The maximum absolute atomic E-state index is 12.9. The highest BCUT2D eigenvalue weighted by molar-refractivity contribution is 5.87. The summed E-state index contributed by atoms with van der Waals surface area (Å²) in [6.45, 7) is 6.62. The van der Waals surface area contributed by atoms with Crippen LogP contribution in [0.5, 0.6) is 0 Å². The van der Waals surface area contributed by atoms with Gasteiger partial charge in [-0.2, -0.15) is 26.3 Å². The number of hydrogen-bond acceptors (Lipinski definition) is 3. The Hall–Kier alpha value is -1.25. The van der Waals surface area contributed by atoms with E-state index >= 15 is 0 Å². The van der Waals surface area contributed by atoms with Crippen LogP contribution < -0.4 is 0 Å². The first-order valence-corrected chi connectivity index (χ1v) is 7.91. The molecule has 0 radical (unpaired) electrons. The van der Waals surface area contributed by atoms with Gasteiger partial charge in [0.1, 0.15) is 6.10 Å². The lowest BCUT2D eigenvalue weighted by Gasteiger charge is -2.37. The fraction of sp³-hybridized carbons (Fsp3) is 0.812. The van der Waals surface area contributed by atoms with Crippen LogP contribution in [0.2, 0.25) is 0 Å². The van der Waals surface area contributed by atoms with Gasteiger partial charge in [0.15, 0.2) is 0 Å². The summed E-state index contributed by atoms with van der Waals surface area (Å²) in [5, 5.41) is 9.40. The number of alkyl halides is 6. The maximum Gasteiger partial charge on any atom is 0.426 e. The number of fused-ring (bicyclic) bond motifs is 2. The van der Waals surface area contributed by atoms with Crippen LogP contribution in [0.4, 0.5) is 26.3 Å². The molecule has 0 aromatic carbocycles.